The summed E-state index contributed by atoms with van der Waals surface area (Å²) in [5.41, 5.74) is 7.72. The highest BCUT2D eigenvalue weighted by molar-refractivity contribution is 9.10. The third-order valence-electron chi connectivity index (χ3n) is 2.07. The quantitative estimate of drug-likeness (QED) is 0.680. The fourth-order valence-electron chi connectivity index (χ4n) is 1.41. The van der Waals surface area contributed by atoms with E-state index in [1.165, 1.54) is 0 Å². The van der Waals surface area contributed by atoms with Crippen LogP contribution < -0.4 is 5.73 Å². The molecule has 0 heterocycles. The molecule has 0 aromatic heterocycles. The van der Waals surface area contributed by atoms with Crippen molar-refractivity contribution in [3.8, 4) is 0 Å². The molecule has 0 aliphatic rings. The van der Waals surface area contributed by atoms with Gasteiger partial charge in [-0.2, -0.15) is 0 Å². The highest BCUT2D eigenvalue weighted by Crippen LogP contribution is 2.25. The Bertz CT molecular complexity index is 377. The molecule has 0 spiro atoms. The molecule has 4 heteroatoms. The second-order valence-corrected chi connectivity index (χ2v) is 3.96. The van der Waals surface area contributed by atoms with Gasteiger partial charge in [0.1, 0.15) is 0 Å². The Morgan fingerprint density at radius 2 is 2.13 bits per heavy atom. The molecular formula is C11H14BrNO2. The number of hydrogen-bond donors (Lipinski definition) is 1. The van der Waals surface area contributed by atoms with Crippen LogP contribution in [-0.4, -0.2) is 12.6 Å². The van der Waals surface area contributed by atoms with E-state index in [1.807, 2.05) is 6.92 Å². The third kappa shape index (κ3) is 2.72. The van der Waals surface area contributed by atoms with Crippen LogP contribution in [0.15, 0.2) is 16.6 Å². The lowest BCUT2D eigenvalue weighted by atomic mass is 10.0. The molecule has 0 fully saturated rings. The van der Waals surface area contributed by atoms with E-state index in [4.69, 9.17) is 10.5 Å². The van der Waals surface area contributed by atoms with Gasteiger partial charge in [0.05, 0.1) is 12.2 Å². The summed E-state index contributed by atoms with van der Waals surface area (Å²) >= 11 is 3.39. The van der Waals surface area contributed by atoms with Crippen molar-refractivity contribution in [2.24, 2.45) is 0 Å². The summed E-state index contributed by atoms with van der Waals surface area (Å²) in [4.78, 5) is 11.6. The molecule has 1 rings (SSSR count). The van der Waals surface area contributed by atoms with E-state index in [2.05, 4.69) is 15.9 Å². The smallest absolute Gasteiger partial charge is 0.338 e. The first-order valence-corrected chi connectivity index (χ1v) is 5.64. The Labute approximate surface area is 97.7 Å². The normalized spacial score (nSPS) is 10.1. The van der Waals surface area contributed by atoms with Gasteiger partial charge in [-0.25, -0.2) is 4.79 Å². The Morgan fingerprint density at radius 1 is 1.47 bits per heavy atom. The fraction of sp³-hybridized carbons (Fsp3) is 0.364. The average Bonchev–Trinajstić information content (AvgIpc) is 2.17. The Kier molecular flexibility index (Phi) is 4.15. The summed E-state index contributed by atoms with van der Waals surface area (Å²) in [6, 6.07) is 3.45. The first kappa shape index (κ1) is 12.0. The number of benzene rings is 1. The van der Waals surface area contributed by atoms with Crippen LogP contribution in [0.25, 0.3) is 0 Å². The maximum Gasteiger partial charge on any atom is 0.338 e. The number of nitrogens with two attached hydrogens (primary N) is 1. The zero-order valence-corrected chi connectivity index (χ0v) is 10.4. The van der Waals surface area contributed by atoms with Crippen molar-refractivity contribution in [1.82, 2.24) is 0 Å². The first-order valence-electron chi connectivity index (χ1n) is 4.85. The Morgan fingerprint density at radius 3 is 2.67 bits per heavy atom. The fourth-order valence-corrected chi connectivity index (χ4v) is 2.17. The number of rotatable bonds is 3. The first-order chi connectivity index (χ1) is 7.10. The van der Waals surface area contributed by atoms with Crippen LogP contribution in [0.4, 0.5) is 5.69 Å². The van der Waals surface area contributed by atoms with E-state index in [0.717, 1.165) is 16.5 Å². The molecule has 0 saturated carbocycles. The third-order valence-corrected chi connectivity index (χ3v) is 2.77. The van der Waals surface area contributed by atoms with E-state index in [9.17, 15) is 4.79 Å². The molecule has 82 valence electrons. The summed E-state index contributed by atoms with van der Waals surface area (Å²) < 4.78 is 5.82. The second kappa shape index (κ2) is 5.16. The van der Waals surface area contributed by atoms with Crippen LogP contribution in [0.3, 0.4) is 0 Å². The number of nitrogen functional groups attached to an aromatic ring is 1. The van der Waals surface area contributed by atoms with Crippen molar-refractivity contribution in [3.05, 3.63) is 27.7 Å². The van der Waals surface area contributed by atoms with Gasteiger partial charge in [-0.15, -0.1) is 0 Å². The van der Waals surface area contributed by atoms with Crippen molar-refractivity contribution < 1.29 is 9.53 Å². The zero-order chi connectivity index (χ0) is 11.4. The Balaban J connectivity index is 3.20. The van der Waals surface area contributed by atoms with Crippen molar-refractivity contribution in [2.75, 3.05) is 12.3 Å². The van der Waals surface area contributed by atoms with E-state index in [1.54, 1.807) is 19.1 Å². The molecule has 0 aliphatic heterocycles. The van der Waals surface area contributed by atoms with Crippen LogP contribution in [0.1, 0.15) is 29.8 Å². The molecule has 0 bridgehead atoms. The molecular weight excluding hydrogens is 258 g/mol. The van der Waals surface area contributed by atoms with E-state index >= 15 is 0 Å². The van der Waals surface area contributed by atoms with Gasteiger partial charge in [0.25, 0.3) is 0 Å². The summed E-state index contributed by atoms with van der Waals surface area (Å²) in [5.74, 6) is -0.317. The summed E-state index contributed by atoms with van der Waals surface area (Å²) in [7, 11) is 0. The van der Waals surface area contributed by atoms with Crippen LogP contribution in [0.2, 0.25) is 0 Å². The van der Waals surface area contributed by atoms with Crippen molar-refractivity contribution in [1.29, 1.82) is 0 Å². The van der Waals surface area contributed by atoms with Crippen molar-refractivity contribution in [3.63, 3.8) is 0 Å². The zero-order valence-electron chi connectivity index (χ0n) is 8.84. The van der Waals surface area contributed by atoms with Gasteiger partial charge >= 0.3 is 5.97 Å². The molecule has 0 radical (unpaired) electrons. The molecule has 1 aromatic carbocycles. The summed E-state index contributed by atoms with van der Waals surface area (Å²) in [6.45, 7) is 4.14. The van der Waals surface area contributed by atoms with Gasteiger partial charge in [0.2, 0.25) is 0 Å². The van der Waals surface area contributed by atoms with Crippen LogP contribution >= 0.6 is 15.9 Å². The molecule has 2 N–H and O–H groups in total. The monoisotopic (exact) mass is 271 g/mol. The van der Waals surface area contributed by atoms with E-state index < -0.39 is 0 Å². The van der Waals surface area contributed by atoms with Gasteiger partial charge in [0, 0.05) is 10.2 Å². The largest absolute Gasteiger partial charge is 0.462 e. The molecule has 0 saturated heterocycles. The summed E-state index contributed by atoms with van der Waals surface area (Å²) in [6.07, 6.45) is 0.759. The SMILES string of the molecule is CCOC(=O)c1cc(N)cc(Br)c1CC. The minimum Gasteiger partial charge on any atom is -0.462 e. The number of esters is 1. The highest BCUT2D eigenvalue weighted by Gasteiger charge is 2.14. The van der Waals surface area contributed by atoms with Crippen molar-refractivity contribution >= 4 is 27.6 Å². The summed E-state index contributed by atoms with van der Waals surface area (Å²) in [5, 5.41) is 0. The lowest BCUT2D eigenvalue weighted by molar-refractivity contribution is 0.0525. The number of hydrogen-bond acceptors (Lipinski definition) is 3. The number of carbonyl (C=O) groups is 1. The highest BCUT2D eigenvalue weighted by atomic mass is 79.9. The van der Waals surface area contributed by atoms with Gasteiger partial charge in [-0.05, 0) is 31.0 Å². The van der Waals surface area contributed by atoms with Crippen LogP contribution in [0.5, 0.6) is 0 Å². The Hall–Kier alpha value is -1.03. The van der Waals surface area contributed by atoms with E-state index in [0.29, 0.717) is 17.9 Å². The molecule has 3 nitrogen and oxygen atoms in total. The maximum absolute atomic E-state index is 11.6. The van der Waals surface area contributed by atoms with Gasteiger partial charge in [-0.1, -0.05) is 22.9 Å². The topological polar surface area (TPSA) is 52.3 Å². The average molecular weight is 272 g/mol. The number of carbonyl (C=O) groups excluding carboxylic acids is 1. The molecule has 1 aromatic rings. The molecule has 0 amide bonds. The van der Waals surface area contributed by atoms with Crippen LogP contribution in [0, 0.1) is 0 Å². The number of halogens is 1. The minimum absolute atomic E-state index is 0.317. The van der Waals surface area contributed by atoms with Crippen molar-refractivity contribution in [2.45, 2.75) is 20.3 Å². The maximum atomic E-state index is 11.6. The second-order valence-electron chi connectivity index (χ2n) is 3.10. The molecule has 15 heavy (non-hydrogen) atoms. The predicted octanol–water partition coefficient (Wildman–Crippen LogP) is 2.77. The van der Waals surface area contributed by atoms with Gasteiger partial charge in [0.15, 0.2) is 0 Å². The molecule has 0 aliphatic carbocycles. The molecule has 0 unspecified atom stereocenters. The standard InChI is InChI=1S/C11H14BrNO2/c1-3-8-9(11(14)15-4-2)5-7(13)6-10(8)12/h5-6H,3-4,13H2,1-2H3. The minimum atomic E-state index is -0.317. The lowest BCUT2D eigenvalue weighted by Crippen LogP contribution is -2.09. The van der Waals surface area contributed by atoms with Crippen LogP contribution in [-0.2, 0) is 11.2 Å². The number of anilines is 1. The van der Waals surface area contributed by atoms with E-state index in [-0.39, 0.29) is 5.97 Å². The van der Waals surface area contributed by atoms with Gasteiger partial charge in [-0.3, -0.25) is 0 Å². The predicted molar refractivity (Wildman–Crippen MR) is 63.9 cm³/mol. The van der Waals surface area contributed by atoms with Gasteiger partial charge < -0.3 is 10.5 Å². The lowest BCUT2D eigenvalue weighted by Gasteiger charge is -2.10. The number of ether oxygens (including phenoxy) is 1. The molecule has 0 atom stereocenters.